The smallest absolute Gasteiger partial charge is 0.399 e. The molecule has 1 saturated heterocycles. The number of hydrogen-bond donors (Lipinski definition) is 0. The maximum absolute atomic E-state index is 14.0. The first-order valence-electron chi connectivity index (χ1n) is 7.68. The Labute approximate surface area is 142 Å². The normalized spacial score (nSPS) is 19.4. The molecule has 4 nitrogen and oxygen atoms in total. The Morgan fingerprint density at radius 2 is 1.68 bits per heavy atom. The number of hydrogen-bond acceptors (Lipinski definition) is 3. The van der Waals surface area contributed by atoms with Gasteiger partial charge in [0.2, 0.25) is 0 Å². The van der Waals surface area contributed by atoms with E-state index in [4.69, 9.17) is 9.31 Å². The standard InChI is InChI=1S/C16H17BF4N2O2/c1-14(2)15(3,4)25-17(24-14)11-8-22-23(9-11)13-7-10(16(19,20)21)5-6-12(13)18/h5-9H,1-4H3. The van der Waals surface area contributed by atoms with Crippen LogP contribution in [0.4, 0.5) is 17.6 Å². The number of alkyl halides is 3. The van der Waals surface area contributed by atoms with E-state index in [9.17, 15) is 17.6 Å². The van der Waals surface area contributed by atoms with Gasteiger partial charge in [-0.05, 0) is 45.9 Å². The second-order valence-corrected chi connectivity index (χ2v) is 6.97. The van der Waals surface area contributed by atoms with Gasteiger partial charge in [-0.25, -0.2) is 9.07 Å². The minimum atomic E-state index is -4.57. The van der Waals surface area contributed by atoms with Gasteiger partial charge in [-0.1, -0.05) is 0 Å². The predicted octanol–water partition coefficient (Wildman–Crippen LogP) is 3.33. The number of rotatable bonds is 2. The monoisotopic (exact) mass is 356 g/mol. The fourth-order valence-electron chi connectivity index (χ4n) is 2.43. The Morgan fingerprint density at radius 3 is 2.24 bits per heavy atom. The zero-order valence-corrected chi connectivity index (χ0v) is 14.2. The van der Waals surface area contributed by atoms with E-state index in [-0.39, 0.29) is 5.69 Å². The van der Waals surface area contributed by atoms with Crippen LogP contribution in [0.5, 0.6) is 0 Å². The van der Waals surface area contributed by atoms with Crippen LogP contribution in [0.3, 0.4) is 0 Å². The Morgan fingerprint density at radius 1 is 1.08 bits per heavy atom. The van der Waals surface area contributed by atoms with Gasteiger partial charge in [-0.2, -0.15) is 18.3 Å². The topological polar surface area (TPSA) is 36.3 Å². The molecule has 134 valence electrons. The van der Waals surface area contributed by atoms with E-state index >= 15 is 0 Å². The average molecular weight is 356 g/mol. The van der Waals surface area contributed by atoms with Gasteiger partial charge in [0.1, 0.15) is 11.5 Å². The average Bonchev–Trinajstić information content (AvgIpc) is 3.01. The summed E-state index contributed by atoms with van der Waals surface area (Å²) in [6.07, 6.45) is -1.77. The first-order chi connectivity index (χ1) is 11.4. The second-order valence-electron chi connectivity index (χ2n) is 6.97. The molecule has 3 rings (SSSR count). The third-order valence-electron chi connectivity index (χ3n) is 4.65. The number of nitrogens with zero attached hydrogens (tertiary/aromatic N) is 2. The van der Waals surface area contributed by atoms with Crippen molar-refractivity contribution < 1.29 is 26.9 Å². The van der Waals surface area contributed by atoms with E-state index < -0.39 is 35.9 Å². The summed E-state index contributed by atoms with van der Waals surface area (Å²) in [7, 11) is -0.729. The Hall–Kier alpha value is -1.87. The summed E-state index contributed by atoms with van der Waals surface area (Å²) in [4.78, 5) is 0. The molecule has 1 aromatic heterocycles. The molecule has 2 aromatic rings. The van der Waals surface area contributed by atoms with Crippen molar-refractivity contribution in [3.05, 3.63) is 42.0 Å². The molecule has 0 spiro atoms. The number of benzene rings is 1. The van der Waals surface area contributed by atoms with Gasteiger partial charge in [-0.15, -0.1) is 0 Å². The molecule has 1 fully saturated rings. The quantitative estimate of drug-likeness (QED) is 0.612. The summed E-state index contributed by atoms with van der Waals surface area (Å²) < 4.78 is 65.3. The lowest BCUT2D eigenvalue weighted by Crippen LogP contribution is -2.41. The molecule has 0 aliphatic carbocycles. The summed E-state index contributed by atoms with van der Waals surface area (Å²) in [5.41, 5.74) is -1.88. The van der Waals surface area contributed by atoms with Crippen molar-refractivity contribution in [2.75, 3.05) is 0 Å². The lowest BCUT2D eigenvalue weighted by atomic mass is 9.82. The lowest BCUT2D eigenvalue weighted by Gasteiger charge is -2.32. The van der Waals surface area contributed by atoms with Crippen molar-refractivity contribution in [3.8, 4) is 5.69 Å². The lowest BCUT2D eigenvalue weighted by molar-refractivity contribution is -0.137. The van der Waals surface area contributed by atoms with Crippen LogP contribution >= 0.6 is 0 Å². The van der Waals surface area contributed by atoms with Crippen LogP contribution in [0.2, 0.25) is 0 Å². The highest BCUT2D eigenvalue weighted by Crippen LogP contribution is 2.36. The maximum atomic E-state index is 14.0. The maximum Gasteiger partial charge on any atom is 0.498 e. The number of aromatic nitrogens is 2. The van der Waals surface area contributed by atoms with Crippen molar-refractivity contribution in [2.24, 2.45) is 0 Å². The molecule has 0 unspecified atom stereocenters. The first-order valence-corrected chi connectivity index (χ1v) is 7.68. The molecule has 0 radical (unpaired) electrons. The first kappa shape index (κ1) is 17.9. The summed E-state index contributed by atoms with van der Waals surface area (Å²) >= 11 is 0. The van der Waals surface area contributed by atoms with E-state index in [0.717, 1.165) is 16.8 Å². The van der Waals surface area contributed by atoms with E-state index in [1.165, 1.54) is 12.4 Å². The summed E-state index contributed by atoms with van der Waals surface area (Å²) in [5, 5.41) is 3.96. The third-order valence-corrected chi connectivity index (χ3v) is 4.65. The molecule has 0 saturated carbocycles. The van der Waals surface area contributed by atoms with E-state index in [1.807, 2.05) is 27.7 Å². The molecule has 0 atom stereocenters. The molecule has 9 heteroatoms. The van der Waals surface area contributed by atoms with Gasteiger partial charge >= 0.3 is 13.3 Å². The van der Waals surface area contributed by atoms with Crippen molar-refractivity contribution in [1.29, 1.82) is 0 Å². The molecule has 1 aromatic carbocycles. The fraction of sp³-hybridized carbons (Fsp3) is 0.438. The molecule has 2 heterocycles. The minimum absolute atomic E-state index is 0.294. The zero-order chi connectivity index (χ0) is 18.6. The minimum Gasteiger partial charge on any atom is -0.399 e. The van der Waals surface area contributed by atoms with Gasteiger partial charge < -0.3 is 9.31 Å². The van der Waals surface area contributed by atoms with Crippen molar-refractivity contribution in [2.45, 2.75) is 45.1 Å². The van der Waals surface area contributed by atoms with Crippen LogP contribution in [-0.4, -0.2) is 28.1 Å². The van der Waals surface area contributed by atoms with E-state index in [2.05, 4.69) is 5.10 Å². The van der Waals surface area contributed by atoms with Crippen molar-refractivity contribution in [1.82, 2.24) is 9.78 Å². The highest BCUT2D eigenvalue weighted by Gasteiger charge is 2.52. The summed E-state index contributed by atoms with van der Waals surface area (Å²) in [6, 6.07) is 2.18. The molecule has 0 amide bonds. The third kappa shape index (κ3) is 3.18. The number of halogens is 4. The van der Waals surface area contributed by atoms with Crippen molar-refractivity contribution >= 4 is 12.6 Å². The van der Waals surface area contributed by atoms with Crippen LogP contribution in [0.15, 0.2) is 30.6 Å². The van der Waals surface area contributed by atoms with Crippen LogP contribution in [0, 0.1) is 5.82 Å². The second kappa shape index (κ2) is 5.57. The fourth-order valence-corrected chi connectivity index (χ4v) is 2.43. The molecule has 1 aliphatic heterocycles. The Balaban J connectivity index is 1.93. The van der Waals surface area contributed by atoms with Crippen molar-refractivity contribution in [3.63, 3.8) is 0 Å². The largest absolute Gasteiger partial charge is 0.498 e. The van der Waals surface area contributed by atoms with Gasteiger partial charge in [0.05, 0.1) is 16.8 Å². The van der Waals surface area contributed by atoms with Gasteiger partial charge in [-0.3, -0.25) is 0 Å². The molecular formula is C16H17BF4N2O2. The van der Waals surface area contributed by atoms with Crippen LogP contribution in [0.25, 0.3) is 5.69 Å². The van der Waals surface area contributed by atoms with Crippen LogP contribution in [0.1, 0.15) is 33.3 Å². The van der Waals surface area contributed by atoms with Gasteiger partial charge in [0.15, 0.2) is 0 Å². The molecule has 0 bridgehead atoms. The van der Waals surface area contributed by atoms with Crippen LogP contribution in [-0.2, 0) is 15.5 Å². The van der Waals surface area contributed by atoms with Gasteiger partial charge in [0.25, 0.3) is 0 Å². The Kier molecular flexibility index (Phi) is 4.00. The Bertz CT molecular complexity index is 786. The van der Waals surface area contributed by atoms with Crippen LogP contribution < -0.4 is 5.46 Å². The molecular weight excluding hydrogens is 339 g/mol. The van der Waals surface area contributed by atoms with E-state index in [0.29, 0.717) is 11.5 Å². The predicted molar refractivity (Wildman–Crippen MR) is 84.2 cm³/mol. The zero-order valence-electron chi connectivity index (χ0n) is 14.2. The molecule has 0 N–H and O–H groups in total. The van der Waals surface area contributed by atoms with Gasteiger partial charge in [0, 0.05) is 17.9 Å². The molecule has 25 heavy (non-hydrogen) atoms. The van der Waals surface area contributed by atoms with E-state index in [1.54, 1.807) is 0 Å². The summed E-state index contributed by atoms with van der Waals surface area (Å²) in [5.74, 6) is -0.809. The highest BCUT2D eigenvalue weighted by molar-refractivity contribution is 6.62. The summed E-state index contributed by atoms with van der Waals surface area (Å²) in [6.45, 7) is 7.52. The molecule has 1 aliphatic rings. The SMILES string of the molecule is CC1(C)OB(c2cnn(-c3cc(C(F)(F)F)ccc3F)c2)OC1(C)C. The highest BCUT2D eigenvalue weighted by atomic mass is 19.4.